The molecule has 24 heavy (non-hydrogen) atoms. The van der Waals surface area contributed by atoms with E-state index in [-0.39, 0.29) is 31.0 Å². The zero-order valence-corrected chi connectivity index (χ0v) is 13.0. The largest absolute Gasteiger partial charge is 0.443 e. The van der Waals surface area contributed by atoms with Gasteiger partial charge in [0.25, 0.3) is 0 Å². The van der Waals surface area contributed by atoms with Crippen LogP contribution in [0.25, 0.3) is 0 Å². The number of amides is 1. The van der Waals surface area contributed by atoms with Crippen LogP contribution in [0.2, 0.25) is 0 Å². The van der Waals surface area contributed by atoms with Crippen LogP contribution in [-0.2, 0) is 4.74 Å². The van der Waals surface area contributed by atoms with Crippen LogP contribution in [-0.4, -0.2) is 44.5 Å². The number of benzene rings is 1. The average Bonchev–Trinajstić information content (AvgIpc) is 3.10. The Morgan fingerprint density at radius 3 is 2.42 bits per heavy atom. The fraction of sp³-hybridized carbons (Fsp3) is 0.562. The van der Waals surface area contributed by atoms with Crippen LogP contribution in [0.15, 0.2) is 12.1 Å². The van der Waals surface area contributed by atoms with E-state index in [2.05, 4.69) is 0 Å². The standard InChI is InChI=1S/C16H18F3N3O2/c17-11-3-9(22-6-10(5-20)24-15(22)23)4-12(18)14(11)21-7-13(19)16(8-21)1-2-16/h3-4,10,13H,1-2,5-8,20H2/t10-,13?/m0/s1. The molecule has 1 aliphatic carbocycles. The van der Waals surface area contributed by atoms with Crippen molar-refractivity contribution in [2.24, 2.45) is 11.1 Å². The zero-order chi connectivity index (χ0) is 17.1. The predicted molar refractivity (Wildman–Crippen MR) is 81.8 cm³/mol. The van der Waals surface area contributed by atoms with Gasteiger partial charge >= 0.3 is 6.09 Å². The Kier molecular flexibility index (Phi) is 3.42. The molecular weight excluding hydrogens is 323 g/mol. The molecular formula is C16H18F3N3O2. The Morgan fingerprint density at radius 1 is 1.25 bits per heavy atom. The molecule has 1 aromatic rings. The highest BCUT2D eigenvalue weighted by molar-refractivity contribution is 5.90. The SMILES string of the molecule is NC[C@H]1CN(c2cc(F)c(N3CC(F)C4(CC4)C3)c(F)c2)C(=O)O1. The number of hydrogen-bond donors (Lipinski definition) is 1. The minimum absolute atomic E-state index is 0.00576. The van der Waals surface area contributed by atoms with Gasteiger partial charge in [-0.3, -0.25) is 4.90 Å². The van der Waals surface area contributed by atoms with Crippen LogP contribution in [0.1, 0.15) is 12.8 Å². The number of carbonyl (C=O) groups excluding carboxylic acids is 1. The number of cyclic esters (lactones) is 1. The number of nitrogens with two attached hydrogens (primary N) is 1. The molecule has 3 aliphatic rings. The molecule has 2 heterocycles. The van der Waals surface area contributed by atoms with Crippen LogP contribution in [0.5, 0.6) is 0 Å². The predicted octanol–water partition coefficient (Wildman–Crippen LogP) is 2.19. The van der Waals surface area contributed by atoms with Gasteiger partial charge in [-0.05, 0) is 12.8 Å². The van der Waals surface area contributed by atoms with E-state index in [0.29, 0.717) is 6.54 Å². The molecule has 1 amide bonds. The van der Waals surface area contributed by atoms with Crippen LogP contribution < -0.4 is 15.5 Å². The summed E-state index contributed by atoms with van der Waals surface area (Å²) in [7, 11) is 0. The summed E-state index contributed by atoms with van der Waals surface area (Å²) in [4.78, 5) is 14.4. The third kappa shape index (κ3) is 2.31. The van der Waals surface area contributed by atoms with Crippen molar-refractivity contribution in [1.82, 2.24) is 0 Å². The molecule has 4 rings (SSSR count). The molecule has 1 aromatic carbocycles. The van der Waals surface area contributed by atoms with Crippen molar-refractivity contribution in [1.29, 1.82) is 0 Å². The highest BCUT2D eigenvalue weighted by Crippen LogP contribution is 2.55. The molecule has 3 fully saturated rings. The van der Waals surface area contributed by atoms with Gasteiger partial charge in [0.05, 0.1) is 12.2 Å². The lowest BCUT2D eigenvalue weighted by Crippen LogP contribution is -2.28. The van der Waals surface area contributed by atoms with Crippen LogP contribution >= 0.6 is 0 Å². The number of halogens is 3. The van der Waals surface area contributed by atoms with Crippen LogP contribution in [0.4, 0.5) is 29.3 Å². The molecule has 8 heteroatoms. The molecule has 2 aliphatic heterocycles. The van der Waals surface area contributed by atoms with Crippen molar-refractivity contribution in [3.63, 3.8) is 0 Å². The Balaban J connectivity index is 1.61. The van der Waals surface area contributed by atoms with Gasteiger partial charge in [-0.15, -0.1) is 0 Å². The van der Waals surface area contributed by atoms with Crippen molar-refractivity contribution < 1.29 is 22.7 Å². The van der Waals surface area contributed by atoms with Gasteiger partial charge in [0.2, 0.25) is 0 Å². The van der Waals surface area contributed by atoms with E-state index in [1.54, 1.807) is 0 Å². The quantitative estimate of drug-likeness (QED) is 0.916. The van der Waals surface area contributed by atoms with E-state index < -0.39 is 35.4 Å². The Labute approximate surface area is 137 Å². The fourth-order valence-corrected chi connectivity index (χ4v) is 3.60. The Hall–Kier alpha value is -1.96. The van der Waals surface area contributed by atoms with Gasteiger partial charge in [-0.1, -0.05) is 0 Å². The molecule has 1 unspecified atom stereocenters. The monoisotopic (exact) mass is 341 g/mol. The Bertz CT molecular complexity index is 672. The number of alkyl halides is 1. The summed E-state index contributed by atoms with van der Waals surface area (Å²) < 4.78 is 48.1. The summed E-state index contributed by atoms with van der Waals surface area (Å²) in [5.41, 5.74) is 4.87. The van der Waals surface area contributed by atoms with Gasteiger partial charge in [0.1, 0.15) is 18.0 Å². The van der Waals surface area contributed by atoms with E-state index in [1.807, 2.05) is 0 Å². The molecule has 2 N–H and O–H groups in total. The van der Waals surface area contributed by atoms with Crippen molar-refractivity contribution in [2.45, 2.75) is 25.1 Å². The molecule has 5 nitrogen and oxygen atoms in total. The normalized spacial score (nSPS) is 27.9. The lowest BCUT2D eigenvalue weighted by Gasteiger charge is -2.21. The summed E-state index contributed by atoms with van der Waals surface area (Å²) in [6.45, 7) is 0.600. The number of rotatable bonds is 3. The molecule has 2 atom stereocenters. The van der Waals surface area contributed by atoms with E-state index >= 15 is 0 Å². The second-order valence-electron chi connectivity index (χ2n) is 6.82. The molecule has 1 saturated carbocycles. The van der Waals surface area contributed by atoms with Crippen LogP contribution in [0.3, 0.4) is 0 Å². The first-order valence-electron chi connectivity index (χ1n) is 8.00. The van der Waals surface area contributed by atoms with Gasteiger partial charge in [0, 0.05) is 37.2 Å². The maximum absolute atomic E-state index is 14.5. The summed E-state index contributed by atoms with van der Waals surface area (Å²) >= 11 is 0. The van der Waals surface area contributed by atoms with Gasteiger partial charge in [0.15, 0.2) is 11.6 Å². The molecule has 0 aromatic heterocycles. The van der Waals surface area contributed by atoms with E-state index in [4.69, 9.17) is 10.5 Å². The van der Waals surface area contributed by atoms with Crippen molar-refractivity contribution in [3.05, 3.63) is 23.8 Å². The fourth-order valence-electron chi connectivity index (χ4n) is 3.60. The van der Waals surface area contributed by atoms with E-state index in [9.17, 15) is 18.0 Å². The number of carbonyl (C=O) groups is 1. The average molecular weight is 341 g/mol. The van der Waals surface area contributed by atoms with Crippen molar-refractivity contribution >= 4 is 17.5 Å². The second kappa shape index (κ2) is 5.27. The zero-order valence-electron chi connectivity index (χ0n) is 13.0. The number of ether oxygens (including phenoxy) is 1. The first-order chi connectivity index (χ1) is 11.4. The number of nitrogens with zero attached hydrogens (tertiary/aromatic N) is 2. The smallest absolute Gasteiger partial charge is 0.414 e. The molecule has 0 radical (unpaired) electrons. The van der Waals surface area contributed by atoms with Gasteiger partial charge in [-0.2, -0.15) is 0 Å². The third-order valence-electron chi connectivity index (χ3n) is 5.21. The summed E-state index contributed by atoms with van der Waals surface area (Å²) in [6, 6.07) is 2.17. The third-order valence-corrected chi connectivity index (χ3v) is 5.21. The summed E-state index contributed by atoms with van der Waals surface area (Å²) in [5, 5.41) is 0. The molecule has 130 valence electrons. The molecule has 0 bridgehead atoms. The number of hydrogen-bond acceptors (Lipinski definition) is 4. The highest BCUT2D eigenvalue weighted by Gasteiger charge is 2.56. The first kappa shape index (κ1) is 15.6. The minimum Gasteiger partial charge on any atom is -0.443 e. The molecule has 2 saturated heterocycles. The van der Waals surface area contributed by atoms with E-state index in [0.717, 1.165) is 29.9 Å². The maximum atomic E-state index is 14.5. The van der Waals surface area contributed by atoms with E-state index in [1.165, 1.54) is 4.90 Å². The van der Waals surface area contributed by atoms with Crippen molar-refractivity contribution in [3.8, 4) is 0 Å². The van der Waals surface area contributed by atoms with Crippen LogP contribution in [0, 0.1) is 17.0 Å². The highest BCUT2D eigenvalue weighted by atomic mass is 19.1. The lowest BCUT2D eigenvalue weighted by molar-refractivity contribution is 0.145. The summed E-state index contributed by atoms with van der Waals surface area (Å²) in [6.07, 6.45) is -0.726. The summed E-state index contributed by atoms with van der Waals surface area (Å²) in [5.74, 6) is -1.61. The lowest BCUT2D eigenvalue weighted by atomic mass is 10.1. The van der Waals surface area contributed by atoms with Crippen molar-refractivity contribution in [2.75, 3.05) is 36.0 Å². The van der Waals surface area contributed by atoms with Gasteiger partial charge in [-0.25, -0.2) is 18.0 Å². The number of anilines is 2. The molecule has 1 spiro atoms. The second-order valence-corrected chi connectivity index (χ2v) is 6.82. The maximum Gasteiger partial charge on any atom is 0.414 e. The first-order valence-corrected chi connectivity index (χ1v) is 8.00. The topological polar surface area (TPSA) is 58.8 Å². The van der Waals surface area contributed by atoms with Gasteiger partial charge < -0.3 is 15.4 Å². The Morgan fingerprint density at radius 2 is 1.92 bits per heavy atom. The minimum atomic E-state index is -1.06.